The number of hydrogen-bond acceptors (Lipinski definition) is 3. The lowest BCUT2D eigenvalue weighted by molar-refractivity contribution is -0.120. The zero-order chi connectivity index (χ0) is 9.84. The van der Waals surface area contributed by atoms with Gasteiger partial charge in [-0.3, -0.25) is 4.79 Å². The summed E-state index contributed by atoms with van der Waals surface area (Å²) in [7, 11) is 1.61. The highest BCUT2D eigenvalue weighted by molar-refractivity contribution is 9.10. The van der Waals surface area contributed by atoms with E-state index in [0.717, 1.165) is 9.35 Å². The lowest BCUT2D eigenvalue weighted by Crippen LogP contribution is -2.23. The topological polar surface area (TPSA) is 55.1 Å². The minimum absolute atomic E-state index is 0.0305. The molecule has 13 heavy (non-hydrogen) atoms. The number of nitrogens with one attached hydrogen (secondary N) is 1. The molecule has 1 amide bonds. The molecule has 0 aliphatic rings. The molecule has 3 N–H and O–H groups in total. The average molecular weight is 263 g/mol. The smallest absolute Gasteiger partial charge is 0.221 e. The van der Waals surface area contributed by atoms with Gasteiger partial charge in [-0.25, -0.2) is 0 Å². The highest BCUT2D eigenvalue weighted by Gasteiger charge is 2.11. The average Bonchev–Trinajstić information content (AvgIpc) is 2.51. The molecule has 1 atom stereocenters. The van der Waals surface area contributed by atoms with Crippen molar-refractivity contribution in [2.75, 3.05) is 7.05 Å². The largest absolute Gasteiger partial charge is 0.359 e. The minimum Gasteiger partial charge on any atom is -0.359 e. The molecule has 1 unspecified atom stereocenters. The summed E-state index contributed by atoms with van der Waals surface area (Å²) in [6, 6.07) is 1.74. The van der Waals surface area contributed by atoms with Gasteiger partial charge in [-0.1, -0.05) is 0 Å². The predicted molar refractivity (Wildman–Crippen MR) is 57.6 cm³/mol. The van der Waals surface area contributed by atoms with E-state index in [9.17, 15) is 4.79 Å². The molecule has 1 rings (SSSR count). The van der Waals surface area contributed by atoms with Gasteiger partial charge in [-0.2, -0.15) is 0 Å². The minimum atomic E-state index is -0.198. The van der Waals surface area contributed by atoms with Gasteiger partial charge >= 0.3 is 0 Å². The molecule has 5 heteroatoms. The molecule has 3 nitrogen and oxygen atoms in total. The van der Waals surface area contributed by atoms with Crippen molar-refractivity contribution in [3.05, 3.63) is 20.8 Å². The van der Waals surface area contributed by atoms with E-state index in [1.807, 2.05) is 11.4 Å². The van der Waals surface area contributed by atoms with Gasteiger partial charge in [0.2, 0.25) is 5.91 Å². The van der Waals surface area contributed by atoms with Gasteiger partial charge in [0.05, 0.1) is 0 Å². The predicted octanol–water partition coefficient (Wildman–Crippen LogP) is 1.65. The Hall–Kier alpha value is -0.390. The van der Waals surface area contributed by atoms with Crippen LogP contribution in [0.15, 0.2) is 15.9 Å². The third kappa shape index (κ3) is 3.10. The van der Waals surface area contributed by atoms with Crippen molar-refractivity contribution in [2.45, 2.75) is 12.5 Å². The van der Waals surface area contributed by atoms with Crippen molar-refractivity contribution < 1.29 is 4.79 Å². The molecule has 0 aliphatic heterocycles. The Kier molecular flexibility index (Phi) is 3.90. The Morgan fingerprint density at radius 3 is 3.00 bits per heavy atom. The number of amides is 1. The van der Waals surface area contributed by atoms with Crippen LogP contribution < -0.4 is 11.1 Å². The molecule has 0 aliphatic carbocycles. The molecule has 0 saturated carbocycles. The van der Waals surface area contributed by atoms with E-state index >= 15 is 0 Å². The lowest BCUT2D eigenvalue weighted by Gasteiger charge is -2.07. The fraction of sp³-hybridized carbons (Fsp3) is 0.375. The number of rotatable bonds is 3. The van der Waals surface area contributed by atoms with Gasteiger partial charge in [0.15, 0.2) is 0 Å². The van der Waals surface area contributed by atoms with Crippen LogP contribution in [0.2, 0.25) is 0 Å². The molecule has 0 aromatic carbocycles. The van der Waals surface area contributed by atoms with E-state index in [-0.39, 0.29) is 11.9 Å². The van der Waals surface area contributed by atoms with Crippen LogP contribution in [0.25, 0.3) is 0 Å². The monoisotopic (exact) mass is 262 g/mol. The molecule has 0 saturated heterocycles. The first kappa shape index (κ1) is 10.7. The zero-order valence-electron chi connectivity index (χ0n) is 7.21. The van der Waals surface area contributed by atoms with Crippen molar-refractivity contribution in [1.82, 2.24) is 5.32 Å². The third-order valence-electron chi connectivity index (χ3n) is 1.64. The molecule has 1 aromatic heterocycles. The summed E-state index contributed by atoms with van der Waals surface area (Å²) < 4.78 is 1.01. The van der Waals surface area contributed by atoms with Crippen LogP contribution in [0.3, 0.4) is 0 Å². The normalized spacial score (nSPS) is 12.5. The maximum Gasteiger partial charge on any atom is 0.221 e. The van der Waals surface area contributed by atoms with E-state index in [1.54, 1.807) is 18.4 Å². The number of carbonyl (C=O) groups excluding carboxylic acids is 1. The van der Waals surface area contributed by atoms with Crippen molar-refractivity contribution >= 4 is 33.2 Å². The molecule has 0 spiro atoms. The summed E-state index contributed by atoms with van der Waals surface area (Å²) >= 11 is 4.90. The van der Waals surface area contributed by atoms with Gasteiger partial charge in [-0.05, 0) is 22.0 Å². The lowest BCUT2D eigenvalue weighted by atomic mass is 10.2. The van der Waals surface area contributed by atoms with Gasteiger partial charge in [0.25, 0.3) is 0 Å². The van der Waals surface area contributed by atoms with Crippen molar-refractivity contribution in [1.29, 1.82) is 0 Å². The van der Waals surface area contributed by atoms with Crippen LogP contribution in [0.4, 0.5) is 0 Å². The number of carbonyl (C=O) groups is 1. The van der Waals surface area contributed by atoms with Crippen LogP contribution in [0.1, 0.15) is 17.3 Å². The van der Waals surface area contributed by atoms with E-state index in [1.165, 1.54) is 0 Å². The fourth-order valence-corrected chi connectivity index (χ4v) is 2.37. The number of thiophene rings is 1. The van der Waals surface area contributed by atoms with Crippen LogP contribution in [0, 0.1) is 0 Å². The quantitative estimate of drug-likeness (QED) is 0.871. The third-order valence-corrected chi connectivity index (χ3v) is 3.46. The standard InChI is InChI=1S/C8H11BrN2OS/c1-11-8(12)3-6(10)7-2-5(9)4-13-7/h2,4,6H,3,10H2,1H3,(H,11,12). The molecule has 0 radical (unpaired) electrons. The van der Waals surface area contributed by atoms with E-state index < -0.39 is 0 Å². The number of hydrogen-bond donors (Lipinski definition) is 2. The summed E-state index contributed by atoms with van der Waals surface area (Å²) in [6.45, 7) is 0. The zero-order valence-corrected chi connectivity index (χ0v) is 9.61. The maximum atomic E-state index is 11.0. The Balaban J connectivity index is 2.58. The Bertz CT molecular complexity index is 300. The molecule has 0 bridgehead atoms. The van der Waals surface area contributed by atoms with Crippen molar-refractivity contribution in [3.63, 3.8) is 0 Å². The molecule has 72 valence electrons. The Morgan fingerprint density at radius 1 is 1.85 bits per heavy atom. The summed E-state index contributed by atoms with van der Waals surface area (Å²) in [5.41, 5.74) is 5.81. The van der Waals surface area contributed by atoms with Crippen LogP contribution in [-0.2, 0) is 4.79 Å². The molecular formula is C8H11BrN2OS. The second kappa shape index (κ2) is 4.74. The van der Waals surface area contributed by atoms with Crippen LogP contribution in [-0.4, -0.2) is 13.0 Å². The van der Waals surface area contributed by atoms with Crippen LogP contribution in [0.5, 0.6) is 0 Å². The fourth-order valence-electron chi connectivity index (χ4n) is 0.925. The van der Waals surface area contributed by atoms with Gasteiger partial charge in [0.1, 0.15) is 0 Å². The Morgan fingerprint density at radius 2 is 2.54 bits per heavy atom. The SMILES string of the molecule is CNC(=O)CC(N)c1cc(Br)cs1. The summed E-state index contributed by atoms with van der Waals surface area (Å²) in [5, 5.41) is 4.50. The summed E-state index contributed by atoms with van der Waals surface area (Å²) in [6.07, 6.45) is 0.337. The first-order valence-corrected chi connectivity index (χ1v) is 5.51. The summed E-state index contributed by atoms with van der Waals surface area (Å²) in [5.74, 6) is -0.0305. The summed E-state index contributed by atoms with van der Waals surface area (Å²) in [4.78, 5) is 12.0. The molecule has 0 fully saturated rings. The molecule has 1 aromatic rings. The first-order valence-electron chi connectivity index (χ1n) is 3.83. The van der Waals surface area contributed by atoms with Gasteiger partial charge in [-0.15, -0.1) is 11.3 Å². The first-order chi connectivity index (χ1) is 6.13. The van der Waals surface area contributed by atoms with Crippen molar-refractivity contribution in [2.24, 2.45) is 5.73 Å². The van der Waals surface area contributed by atoms with Crippen molar-refractivity contribution in [3.8, 4) is 0 Å². The number of halogens is 1. The number of nitrogens with two attached hydrogens (primary N) is 1. The van der Waals surface area contributed by atoms with Gasteiger partial charge < -0.3 is 11.1 Å². The Labute approximate surface area is 89.5 Å². The van der Waals surface area contributed by atoms with Gasteiger partial charge in [0, 0.05) is 34.2 Å². The van der Waals surface area contributed by atoms with E-state index in [0.29, 0.717) is 6.42 Å². The second-order valence-electron chi connectivity index (χ2n) is 2.65. The molecule has 1 heterocycles. The van der Waals surface area contributed by atoms with E-state index in [2.05, 4.69) is 21.2 Å². The highest BCUT2D eigenvalue weighted by Crippen LogP contribution is 2.25. The van der Waals surface area contributed by atoms with Crippen LogP contribution >= 0.6 is 27.3 Å². The highest BCUT2D eigenvalue weighted by atomic mass is 79.9. The van der Waals surface area contributed by atoms with E-state index in [4.69, 9.17) is 5.73 Å². The molecular weight excluding hydrogens is 252 g/mol. The maximum absolute atomic E-state index is 11.0. The second-order valence-corrected chi connectivity index (χ2v) is 4.51.